The van der Waals surface area contributed by atoms with E-state index in [-0.39, 0.29) is 0 Å². The Hall–Kier alpha value is -1.67. The van der Waals surface area contributed by atoms with Gasteiger partial charge >= 0.3 is 0 Å². The predicted octanol–water partition coefficient (Wildman–Crippen LogP) is 3.97. The van der Waals surface area contributed by atoms with Gasteiger partial charge in [-0.1, -0.05) is 44.5 Å². The Bertz CT molecular complexity index is 492. The fourth-order valence-corrected chi connectivity index (χ4v) is 1.94. The van der Waals surface area contributed by atoms with Gasteiger partial charge in [-0.3, -0.25) is 4.98 Å². The van der Waals surface area contributed by atoms with E-state index < -0.39 is 0 Å². The van der Waals surface area contributed by atoms with Crippen molar-refractivity contribution < 1.29 is 0 Å². The molecule has 2 N–H and O–H groups in total. The van der Waals surface area contributed by atoms with Crippen LogP contribution in [-0.4, -0.2) is 11.5 Å². The third-order valence-corrected chi connectivity index (χ3v) is 2.73. The molecule has 19 heavy (non-hydrogen) atoms. The normalized spacial score (nSPS) is 9.68. The lowest BCUT2D eigenvalue weighted by atomic mass is 10.00. The largest absolute Gasteiger partial charge is 0.331 e. The molecular formula is C17H24N2. The molecule has 1 aromatic carbocycles. The highest BCUT2D eigenvalue weighted by Crippen LogP contribution is 2.23. The van der Waals surface area contributed by atoms with Crippen LogP contribution in [0.5, 0.6) is 0 Å². The van der Waals surface area contributed by atoms with Gasteiger partial charge in [-0.25, -0.2) is 0 Å². The highest BCUT2D eigenvalue weighted by Gasteiger charge is 2.04. The van der Waals surface area contributed by atoms with E-state index in [0.29, 0.717) is 0 Å². The Balaban J connectivity index is 0.000000550. The lowest BCUT2D eigenvalue weighted by Gasteiger charge is -2.08. The van der Waals surface area contributed by atoms with Crippen LogP contribution < -0.4 is 5.73 Å². The summed E-state index contributed by atoms with van der Waals surface area (Å²) in [5.41, 5.74) is 9.86. The molecule has 0 saturated carbocycles. The second kappa shape index (κ2) is 8.44. The lowest BCUT2D eigenvalue weighted by Crippen LogP contribution is -1.91. The summed E-state index contributed by atoms with van der Waals surface area (Å²) in [6.07, 6.45) is 4.17. The zero-order chi connectivity index (χ0) is 14.1. The summed E-state index contributed by atoms with van der Waals surface area (Å²) >= 11 is 0. The molecule has 1 aromatic heterocycles. The fraction of sp³-hybridized carbons (Fsp3) is 0.353. The first kappa shape index (κ1) is 15.4. The van der Waals surface area contributed by atoms with Crippen LogP contribution in [0.2, 0.25) is 0 Å². The van der Waals surface area contributed by atoms with Gasteiger partial charge in [0.1, 0.15) is 0 Å². The fourth-order valence-electron chi connectivity index (χ4n) is 1.94. The van der Waals surface area contributed by atoms with E-state index >= 15 is 0 Å². The van der Waals surface area contributed by atoms with Crippen molar-refractivity contribution in [1.29, 1.82) is 0 Å². The van der Waals surface area contributed by atoms with Crippen LogP contribution in [0, 0.1) is 6.92 Å². The molecule has 0 bridgehead atoms. The Morgan fingerprint density at radius 2 is 1.79 bits per heavy atom. The quantitative estimate of drug-likeness (QED) is 0.902. The molecule has 0 saturated heterocycles. The highest BCUT2D eigenvalue weighted by molar-refractivity contribution is 5.64. The molecule has 0 spiro atoms. The minimum atomic E-state index is 0.750. The van der Waals surface area contributed by atoms with Crippen molar-refractivity contribution in [2.45, 2.75) is 33.6 Å². The Morgan fingerprint density at radius 3 is 2.42 bits per heavy atom. The van der Waals surface area contributed by atoms with Crippen molar-refractivity contribution >= 4 is 0 Å². The lowest BCUT2D eigenvalue weighted by molar-refractivity contribution is 0.922. The van der Waals surface area contributed by atoms with Crippen molar-refractivity contribution in [3.63, 3.8) is 0 Å². The third-order valence-electron chi connectivity index (χ3n) is 2.73. The van der Waals surface area contributed by atoms with Gasteiger partial charge in [-0.15, -0.1) is 0 Å². The van der Waals surface area contributed by atoms with Crippen molar-refractivity contribution in [3.05, 3.63) is 53.7 Å². The van der Waals surface area contributed by atoms with Gasteiger partial charge in [-0.2, -0.15) is 0 Å². The third kappa shape index (κ3) is 4.84. The molecule has 2 aromatic rings. The van der Waals surface area contributed by atoms with Gasteiger partial charge in [-0.05, 0) is 43.1 Å². The Labute approximate surface area is 116 Å². The predicted molar refractivity (Wildman–Crippen MR) is 83.1 cm³/mol. The maximum atomic E-state index is 4.85. The van der Waals surface area contributed by atoms with Gasteiger partial charge in [0.25, 0.3) is 0 Å². The summed E-state index contributed by atoms with van der Waals surface area (Å²) in [5, 5.41) is 0. The van der Waals surface area contributed by atoms with Crippen LogP contribution in [0.3, 0.4) is 0 Å². The number of hydrogen-bond donors (Lipinski definition) is 1. The van der Waals surface area contributed by atoms with E-state index in [0.717, 1.165) is 18.7 Å². The second-order valence-corrected chi connectivity index (χ2v) is 4.53. The Kier molecular flexibility index (Phi) is 6.83. The molecule has 2 rings (SSSR count). The first-order valence-corrected chi connectivity index (χ1v) is 6.93. The van der Waals surface area contributed by atoms with Crippen LogP contribution in [0.15, 0.2) is 42.6 Å². The average Bonchev–Trinajstić information content (AvgIpc) is 2.41. The van der Waals surface area contributed by atoms with E-state index in [2.05, 4.69) is 49.2 Å². The van der Waals surface area contributed by atoms with E-state index in [1.165, 1.54) is 23.1 Å². The van der Waals surface area contributed by atoms with Crippen LogP contribution in [-0.2, 0) is 6.42 Å². The summed E-state index contributed by atoms with van der Waals surface area (Å²) in [6, 6.07) is 12.7. The summed E-state index contributed by atoms with van der Waals surface area (Å²) in [7, 11) is 0. The van der Waals surface area contributed by atoms with Crippen molar-refractivity contribution in [1.82, 2.24) is 4.98 Å². The minimum absolute atomic E-state index is 0.750. The molecule has 102 valence electrons. The number of pyridine rings is 1. The first-order chi connectivity index (χ1) is 9.22. The number of benzene rings is 1. The molecule has 0 fully saturated rings. The topological polar surface area (TPSA) is 38.9 Å². The Morgan fingerprint density at radius 1 is 1.11 bits per heavy atom. The van der Waals surface area contributed by atoms with Gasteiger partial charge < -0.3 is 5.73 Å². The highest BCUT2D eigenvalue weighted by atomic mass is 14.7. The molecule has 0 aliphatic carbocycles. The summed E-state index contributed by atoms with van der Waals surface area (Å²) in [6.45, 7) is 6.97. The van der Waals surface area contributed by atoms with E-state index in [4.69, 9.17) is 5.73 Å². The maximum absolute atomic E-state index is 4.85. The molecule has 2 nitrogen and oxygen atoms in total. The number of aromatic nitrogens is 1. The minimum Gasteiger partial charge on any atom is -0.331 e. The molecule has 0 aliphatic heterocycles. The molecule has 0 unspecified atom stereocenters. The molecule has 0 radical (unpaired) electrons. The average molecular weight is 256 g/mol. The number of nitrogens with zero attached hydrogens (tertiary/aromatic N) is 1. The summed E-state index contributed by atoms with van der Waals surface area (Å²) in [5.74, 6) is 0. The van der Waals surface area contributed by atoms with Crippen LogP contribution in [0.4, 0.5) is 0 Å². The number of nitrogens with two attached hydrogens (primary N) is 1. The van der Waals surface area contributed by atoms with E-state index in [1.54, 1.807) is 0 Å². The number of rotatable bonds is 3. The molecule has 0 aliphatic rings. The van der Waals surface area contributed by atoms with Gasteiger partial charge in [0.05, 0.1) is 5.69 Å². The molecule has 0 amide bonds. The number of hydrogen-bond acceptors (Lipinski definition) is 2. The van der Waals surface area contributed by atoms with Gasteiger partial charge in [0, 0.05) is 11.8 Å². The SMILES string of the molecule is CCCc1ccccc1-c1cc(C)ccn1.CCN. The van der Waals surface area contributed by atoms with Crippen molar-refractivity contribution in [2.75, 3.05) is 6.54 Å². The standard InChI is InChI=1S/C15H17N.C2H7N/c1-3-6-13-7-4-5-8-14(13)15-11-12(2)9-10-16-15;1-2-3/h4-5,7-11H,3,6H2,1-2H3;2-3H2,1H3. The first-order valence-electron chi connectivity index (χ1n) is 6.93. The van der Waals surface area contributed by atoms with Crippen molar-refractivity contribution in [3.8, 4) is 11.3 Å². The molecular weight excluding hydrogens is 232 g/mol. The smallest absolute Gasteiger partial charge is 0.0707 e. The van der Waals surface area contributed by atoms with Gasteiger partial charge in [0.2, 0.25) is 0 Å². The zero-order valence-corrected chi connectivity index (χ0v) is 12.2. The van der Waals surface area contributed by atoms with Crippen LogP contribution >= 0.6 is 0 Å². The number of aryl methyl sites for hydroxylation is 2. The maximum Gasteiger partial charge on any atom is 0.0707 e. The van der Waals surface area contributed by atoms with Gasteiger partial charge in [0.15, 0.2) is 0 Å². The second-order valence-electron chi connectivity index (χ2n) is 4.53. The molecule has 1 heterocycles. The molecule has 2 heteroatoms. The van der Waals surface area contributed by atoms with E-state index in [9.17, 15) is 0 Å². The zero-order valence-electron chi connectivity index (χ0n) is 12.2. The van der Waals surface area contributed by atoms with Crippen LogP contribution in [0.25, 0.3) is 11.3 Å². The monoisotopic (exact) mass is 256 g/mol. The van der Waals surface area contributed by atoms with Crippen LogP contribution in [0.1, 0.15) is 31.4 Å². The van der Waals surface area contributed by atoms with Crippen molar-refractivity contribution in [2.24, 2.45) is 5.73 Å². The molecule has 0 atom stereocenters. The van der Waals surface area contributed by atoms with E-state index in [1.807, 2.05) is 19.2 Å². The summed E-state index contributed by atoms with van der Waals surface area (Å²) < 4.78 is 0. The summed E-state index contributed by atoms with van der Waals surface area (Å²) in [4.78, 5) is 4.45.